The highest BCUT2D eigenvalue weighted by Crippen LogP contribution is 2.40. The largest absolute Gasteiger partial charge is 0.381 e. The van der Waals surface area contributed by atoms with Gasteiger partial charge in [-0.05, 0) is 54.4 Å². The third kappa shape index (κ3) is 3.23. The number of nitriles is 1. The molecule has 0 bridgehead atoms. The van der Waals surface area contributed by atoms with Gasteiger partial charge in [0.2, 0.25) is 0 Å². The van der Waals surface area contributed by atoms with E-state index >= 15 is 0 Å². The molecule has 0 aromatic rings. The summed E-state index contributed by atoms with van der Waals surface area (Å²) in [5, 5.41) is 11.1. The van der Waals surface area contributed by atoms with Crippen LogP contribution in [-0.2, 0) is 9.57 Å². The minimum absolute atomic E-state index is 0.156. The fraction of sp³-hybridized carbons (Fsp3) is 0.929. The van der Waals surface area contributed by atoms with Crippen LogP contribution in [0.3, 0.4) is 0 Å². The van der Waals surface area contributed by atoms with Crippen LogP contribution in [0.15, 0.2) is 0 Å². The number of methoxy groups -OCH3 is 1. The van der Waals surface area contributed by atoms with Gasteiger partial charge >= 0.3 is 0 Å². The molecule has 0 radical (unpaired) electrons. The van der Waals surface area contributed by atoms with Crippen LogP contribution in [-0.4, -0.2) is 35.0 Å². The normalized spacial score (nSPS) is 24.8. The van der Waals surface area contributed by atoms with Gasteiger partial charge in [0.25, 0.3) is 0 Å². The SMILES string of the molecule is COC1CC(C)(C)N(OC(C)(C)C#N)C(C)(C)C1. The third-order valence-electron chi connectivity index (χ3n) is 3.48. The summed E-state index contributed by atoms with van der Waals surface area (Å²) in [7, 11) is 1.76. The Balaban J connectivity index is 2.98. The van der Waals surface area contributed by atoms with Crippen LogP contribution in [0, 0.1) is 11.3 Å². The van der Waals surface area contributed by atoms with Crippen LogP contribution in [0.4, 0.5) is 0 Å². The average molecular weight is 254 g/mol. The van der Waals surface area contributed by atoms with Crippen LogP contribution >= 0.6 is 0 Å². The molecule has 0 aromatic carbocycles. The quantitative estimate of drug-likeness (QED) is 0.777. The predicted molar refractivity (Wildman–Crippen MR) is 70.8 cm³/mol. The van der Waals surface area contributed by atoms with Crippen molar-refractivity contribution in [2.75, 3.05) is 7.11 Å². The molecule has 0 N–H and O–H groups in total. The molecule has 1 saturated heterocycles. The molecule has 18 heavy (non-hydrogen) atoms. The number of hydrogen-bond acceptors (Lipinski definition) is 4. The van der Waals surface area contributed by atoms with Gasteiger partial charge in [0, 0.05) is 18.2 Å². The monoisotopic (exact) mass is 254 g/mol. The molecule has 1 fully saturated rings. The first-order valence-corrected chi connectivity index (χ1v) is 6.48. The second kappa shape index (κ2) is 4.80. The molecule has 0 saturated carbocycles. The van der Waals surface area contributed by atoms with E-state index in [4.69, 9.17) is 14.8 Å². The molecule has 0 aromatic heterocycles. The van der Waals surface area contributed by atoms with Crippen LogP contribution in [0.25, 0.3) is 0 Å². The summed E-state index contributed by atoms with van der Waals surface area (Å²) in [5.41, 5.74) is -1.12. The van der Waals surface area contributed by atoms with Gasteiger partial charge in [-0.3, -0.25) is 4.84 Å². The van der Waals surface area contributed by atoms with Crippen molar-refractivity contribution in [3.63, 3.8) is 0 Å². The highest BCUT2D eigenvalue weighted by Gasteiger charge is 2.48. The molecular formula is C14H26N2O2. The van der Waals surface area contributed by atoms with E-state index < -0.39 is 5.60 Å². The first-order chi connectivity index (χ1) is 8.04. The Morgan fingerprint density at radius 3 is 1.94 bits per heavy atom. The first-order valence-electron chi connectivity index (χ1n) is 6.48. The lowest BCUT2D eigenvalue weighted by atomic mass is 9.80. The number of hydrogen-bond donors (Lipinski definition) is 0. The molecule has 1 aliphatic rings. The van der Waals surface area contributed by atoms with E-state index in [0.29, 0.717) is 0 Å². The van der Waals surface area contributed by atoms with Gasteiger partial charge in [0.1, 0.15) is 0 Å². The summed E-state index contributed by atoms with van der Waals surface area (Å²) < 4.78 is 5.52. The summed E-state index contributed by atoms with van der Waals surface area (Å²) in [6.45, 7) is 12.1. The van der Waals surface area contributed by atoms with E-state index in [1.807, 2.05) is 5.06 Å². The van der Waals surface area contributed by atoms with Crippen molar-refractivity contribution in [1.29, 1.82) is 5.26 Å². The molecule has 1 heterocycles. The molecule has 1 rings (SSSR count). The molecule has 0 aliphatic carbocycles. The molecule has 4 nitrogen and oxygen atoms in total. The van der Waals surface area contributed by atoms with E-state index in [2.05, 4.69) is 33.8 Å². The van der Waals surface area contributed by atoms with Crippen molar-refractivity contribution < 1.29 is 9.57 Å². The number of rotatable bonds is 3. The van der Waals surface area contributed by atoms with Gasteiger partial charge in [0.15, 0.2) is 5.60 Å². The van der Waals surface area contributed by atoms with E-state index in [9.17, 15) is 0 Å². The molecule has 0 unspecified atom stereocenters. The van der Waals surface area contributed by atoms with Crippen LogP contribution in [0.1, 0.15) is 54.4 Å². The van der Waals surface area contributed by atoms with Crippen LogP contribution in [0.2, 0.25) is 0 Å². The summed E-state index contributed by atoms with van der Waals surface area (Å²) >= 11 is 0. The van der Waals surface area contributed by atoms with E-state index in [1.54, 1.807) is 21.0 Å². The molecule has 0 atom stereocenters. The van der Waals surface area contributed by atoms with Crippen molar-refractivity contribution in [2.24, 2.45) is 0 Å². The lowest BCUT2D eigenvalue weighted by molar-refractivity contribution is -0.325. The van der Waals surface area contributed by atoms with Crippen LogP contribution < -0.4 is 0 Å². The molecule has 0 amide bonds. The zero-order valence-electron chi connectivity index (χ0n) is 12.7. The minimum Gasteiger partial charge on any atom is -0.381 e. The second-order valence-electron chi connectivity index (χ2n) is 6.90. The number of hydroxylamine groups is 2. The van der Waals surface area contributed by atoms with Crippen molar-refractivity contribution >= 4 is 0 Å². The molecule has 0 spiro atoms. The van der Waals surface area contributed by atoms with Gasteiger partial charge in [-0.15, -0.1) is 0 Å². The molecule has 104 valence electrons. The van der Waals surface area contributed by atoms with Gasteiger partial charge in [-0.25, -0.2) is 0 Å². The maximum Gasteiger partial charge on any atom is 0.170 e. The Kier molecular flexibility index (Phi) is 4.12. The van der Waals surface area contributed by atoms with Crippen molar-refractivity contribution in [3.8, 4) is 6.07 Å². The van der Waals surface area contributed by atoms with Crippen molar-refractivity contribution in [3.05, 3.63) is 0 Å². The standard InChI is InChI=1S/C14H26N2O2/c1-12(2)8-11(17-7)9-13(3,4)16(12)18-14(5,6)10-15/h11H,8-9H2,1-7H3. The summed E-state index contributed by atoms with van der Waals surface area (Å²) in [4.78, 5) is 5.97. The zero-order chi connectivity index (χ0) is 14.2. The van der Waals surface area contributed by atoms with Gasteiger partial charge < -0.3 is 4.74 Å². The summed E-state index contributed by atoms with van der Waals surface area (Å²) in [6, 6.07) is 2.19. The van der Waals surface area contributed by atoms with E-state index in [-0.39, 0.29) is 17.2 Å². The Morgan fingerprint density at radius 1 is 1.17 bits per heavy atom. The number of ether oxygens (including phenoxy) is 1. The first kappa shape index (κ1) is 15.4. The number of piperidine rings is 1. The van der Waals surface area contributed by atoms with E-state index in [1.165, 1.54) is 0 Å². The third-order valence-corrected chi connectivity index (χ3v) is 3.48. The summed E-state index contributed by atoms with van der Waals surface area (Å²) in [6.07, 6.45) is 2.03. The Hall–Kier alpha value is -0.630. The fourth-order valence-corrected chi connectivity index (χ4v) is 2.83. The zero-order valence-corrected chi connectivity index (χ0v) is 12.7. The minimum atomic E-state index is -0.811. The molecular weight excluding hydrogens is 228 g/mol. The molecule has 4 heteroatoms. The fourth-order valence-electron chi connectivity index (χ4n) is 2.83. The van der Waals surface area contributed by atoms with Gasteiger partial charge in [-0.1, -0.05) is 0 Å². The number of nitrogens with zero attached hydrogens (tertiary/aromatic N) is 2. The maximum absolute atomic E-state index is 9.14. The topological polar surface area (TPSA) is 45.5 Å². The highest BCUT2D eigenvalue weighted by atomic mass is 16.7. The van der Waals surface area contributed by atoms with Crippen molar-refractivity contribution in [2.45, 2.75) is 77.2 Å². The van der Waals surface area contributed by atoms with Crippen LogP contribution in [0.5, 0.6) is 0 Å². The maximum atomic E-state index is 9.14. The second-order valence-corrected chi connectivity index (χ2v) is 6.90. The Morgan fingerprint density at radius 2 is 1.61 bits per heavy atom. The highest BCUT2D eigenvalue weighted by molar-refractivity contribution is 5.00. The molecule has 1 aliphatic heterocycles. The Labute approximate surface area is 111 Å². The lowest BCUT2D eigenvalue weighted by Crippen LogP contribution is -2.63. The van der Waals surface area contributed by atoms with E-state index in [0.717, 1.165) is 12.8 Å². The Bertz CT molecular complexity index is 324. The summed E-state index contributed by atoms with van der Waals surface area (Å²) in [5.74, 6) is 0. The van der Waals surface area contributed by atoms with Crippen molar-refractivity contribution in [1.82, 2.24) is 5.06 Å². The van der Waals surface area contributed by atoms with Gasteiger partial charge in [-0.2, -0.15) is 10.3 Å². The lowest BCUT2D eigenvalue weighted by Gasteiger charge is -2.54. The van der Waals surface area contributed by atoms with Gasteiger partial charge in [0.05, 0.1) is 12.2 Å². The average Bonchev–Trinajstić information content (AvgIpc) is 2.22. The smallest absolute Gasteiger partial charge is 0.170 e. The predicted octanol–water partition coefficient (Wildman–Crippen LogP) is 2.89.